The minimum atomic E-state index is -0.457. The van der Waals surface area contributed by atoms with Gasteiger partial charge in [-0.15, -0.1) is 0 Å². The largest absolute Gasteiger partial charge is 0.392 e. The highest BCUT2D eigenvalue weighted by molar-refractivity contribution is 5.82. The smallest absolute Gasteiger partial charge is 0.147 e. The van der Waals surface area contributed by atoms with Gasteiger partial charge in [0.05, 0.1) is 23.3 Å². The summed E-state index contributed by atoms with van der Waals surface area (Å²) in [5.41, 5.74) is 3.23. The van der Waals surface area contributed by atoms with Crippen LogP contribution in [0.15, 0.2) is 61.1 Å². The molecule has 1 aromatic carbocycles. The van der Waals surface area contributed by atoms with Gasteiger partial charge in [-0.3, -0.25) is 9.55 Å². The van der Waals surface area contributed by atoms with E-state index in [-0.39, 0.29) is 5.82 Å². The Kier molecular flexibility index (Phi) is 4.52. The first-order chi connectivity index (χ1) is 13.1. The predicted molar refractivity (Wildman–Crippen MR) is 102 cm³/mol. The molecule has 27 heavy (non-hydrogen) atoms. The van der Waals surface area contributed by atoms with Crippen LogP contribution in [0.25, 0.3) is 28.1 Å². The lowest BCUT2D eigenvalue weighted by molar-refractivity contribution is 0.208. The van der Waals surface area contributed by atoms with E-state index in [4.69, 9.17) is 4.98 Å². The number of halogens is 1. The summed E-state index contributed by atoms with van der Waals surface area (Å²) in [5, 5.41) is 12.4. The van der Waals surface area contributed by atoms with E-state index in [1.165, 1.54) is 12.1 Å². The number of aliphatic hydroxyl groups excluding tert-OH is 1. The average molecular weight is 363 g/mol. The van der Waals surface area contributed by atoms with E-state index >= 15 is 0 Å². The lowest BCUT2D eigenvalue weighted by Crippen LogP contribution is -2.15. The second kappa shape index (κ2) is 7.13. The lowest BCUT2D eigenvalue weighted by Gasteiger charge is -2.10. The van der Waals surface area contributed by atoms with Crippen LogP contribution in [0.3, 0.4) is 0 Å². The molecule has 1 unspecified atom stereocenters. The molecule has 0 radical (unpaired) electrons. The van der Waals surface area contributed by atoms with Crippen LogP contribution in [0.2, 0.25) is 0 Å². The third-order valence-electron chi connectivity index (χ3n) is 4.14. The normalized spacial score (nSPS) is 12.3. The number of aromatic nitrogens is 4. The van der Waals surface area contributed by atoms with Gasteiger partial charge in [0.1, 0.15) is 17.5 Å². The van der Waals surface area contributed by atoms with Crippen molar-refractivity contribution >= 4 is 16.9 Å². The van der Waals surface area contributed by atoms with Gasteiger partial charge in [0.2, 0.25) is 0 Å². The Morgan fingerprint density at radius 1 is 1.11 bits per heavy atom. The molecule has 7 heteroatoms. The predicted octanol–water partition coefficient (Wildman–Crippen LogP) is 3.41. The van der Waals surface area contributed by atoms with Gasteiger partial charge in [-0.05, 0) is 49.4 Å². The average Bonchev–Trinajstić information content (AvgIpc) is 3.07. The van der Waals surface area contributed by atoms with Crippen LogP contribution < -0.4 is 5.32 Å². The van der Waals surface area contributed by atoms with E-state index in [9.17, 15) is 9.50 Å². The number of rotatable bonds is 5. The number of aliphatic hydroxyl groups is 1. The van der Waals surface area contributed by atoms with Crippen molar-refractivity contribution in [3.8, 4) is 17.1 Å². The monoisotopic (exact) mass is 363 g/mol. The molecule has 0 fully saturated rings. The van der Waals surface area contributed by atoms with Crippen LogP contribution >= 0.6 is 0 Å². The first-order valence-corrected chi connectivity index (χ1v) is 8.58. The second-order valence-electron chi connectivity index (χ2n) is 6.27. The van der Waals surface area contributed by atoms with Crippen molar-refractivity contribution in [1.82, 2.24) is 19.5 Å². The SMILES string of the molecule is CC(O)CNc1ccc(-c2nc3ccncc3n2-c2ccc(F)cc2)cn1. The maximum atomic E-state index is 13.4. The summed E-state index contributed by atoms with van der Waals surface area (Å²) in [6, 6.07) is 11.8. The number of anilines is 1. The number of hydrogen-bond donors (Lipinski definition) is 2. The molecule has 0 saturated carbocycles. The molecule has 0 saturated heterocycles. The first-order valence-electron chi connectivity index (χ1n) is 8.58. The van der Waals surface area contributed by atoms with Crippen molar-refractivity contribution in [3.63, 3.8) is 0 Å². The van der Waals surface area contributed by atoms with Crippen molar-refractivity contribution in [1.29, 1.82) is 0 Å². The molecule has 0 aliphatic heterocycles. The molecule has 2 N–H and O–H groups in total. The molecule has 0 amide bonds. The van der Waals surface area contributed by atoms with Crippen molar-refractivity contribution in [2.45, 2.75) is 13.0 Å². The molecule has 3 heterocycles. The standard InChI is InChI=1S/C20H18FN5O/c1-13(27)10-23-19-7-2-14(11-24-19)20-25-17-8-9-22-12-18(17)26(20)16-5-3-15(21)4-6-16/h2-9,11-13,27H,10H2,1H3,(H,23,24). The minimum Gasteiger partial charge on any atom is -0.392 e. The molecular weight excluding hydrogens is 345 g/mol. The zero-order valence-corrected chi connectivity index (χ0v) is 14.7. The van der Waals surface area contributed by atoms with Crippen molar-refractivity contribution in [3.05, 3.63) is 66.9 Å². The van der Waals surface area contributed by atoms with Crippen molar-refractivity contribution < 1.29 is 9.50 Å². The van der Waals surface area contributed by atoms with Gasteiger partial charge in [0.25, 0.3) is 0 Å². The molecule has 0 aliphatic carbocycles. The van der Waals surface area contributed by atoms with Crippen LogP contribution in [0, 0.1) is 5.82 Å². The number of fused-ring (bicyclic) bond motifs is 1. The van der Waals surface area contributed by atoms with Crippen LogP contribution in [0.4, 0.5) is 10.2 Å². The molecule has 136 valence electrons. The Bertz CT molecular complexity index is 1060. The molecular formula is C20H18FN5O. The summed E-state index contributed by atoms with van der Waals surface area (Å²) in [7, 11) is 0. The highest BCUT2D eigenvalue weighted by atomic mass is 19.1. The zero-order chi connectivity index (χ0) is 18.8. The van der Waals surface area contributed by atoms with Gasteiger partial charge in [-0.25, -0.2) is 14.4 Å². The Labute approximate surface area is 155 Å². The number of hydrogen-bond acceptors (Lipinski definition) is 5. The highest BCUT2D eigenvalue weighted by Crippen LogP contribution is 2.28. The summed E-state index contributed by atoms with van der Waals surface area (Å²) in [6.45, 7) is 2.13. The van der Waals surface area contributed by atoms with Crippen LogP contribution in [-0.4, -0.2) is 37.3 Å². The maximum Gasteiger partial charge on any atom is 0.147 e. The summed E-state index contributed by atoms with van der Waals surface area (Å²) < 4.78 is 15.3. The molecule has 4 aromatic rings. The van der Waals surface area contributed by atoms with Gasteiger partial charge in [-0.2, -0.15) is 0 Å². The molecule has 0 aliphatic rings. The molecule has 3 aromatic heterocycles. The molecule has 6 nitrogen and oxygen atoms in total. The fraction of sp³-hybridized carbons (Fsp3) is 0.150. The number of nitrogens with one attached hydrogen (secondary N) is 1. The Morgan fingerprint density at radius 3 is 2.63 bits per heavy atom. The fourth-order valence-electron chi connectivity index (χ4n) is 2.85. The van der Waals surface area contributed by atoms with Gasteiger partial charge in [-0.1, -0.05) is 0 Å². The van der Waals surface area contributed by atoms with E-state index in [1.807, 2.05) is 22.8 Å². The topological polar surface area (TPSA) is 75.9 Å². The van der Waals surface area contributed by atoms with Crippen molar-refractivity contribution in [2.24, 2.45) is 0 Å². The molecule has 1 atom stereocenters. The Balaban J connectivity index is 1.79. The van der Waals surface area contributed by atoms with Gasteiger partial charge in [0.15, 0.2) is 0 Å². The molecule has 0 bridgehead atoms. The van der Waals surface area contributed by atoms with E-state index < -0.39 is 6.10 Å². The van der Waals surface area contributed by atoms with E-state index in [2.05, 4.69) is 15.3 Å². The Hall–Kier alpha value is -3.32. The van der Waals surface area contributed by atoms with Crippen LogP contribution in [0.1, 0.15) is 6.92 Å². The third-order valence-corrected chi connectivity index (χ3v) is 4.14. The lowest BCUT2D eigenvalue weighted by atomic mass is 10.2. The van der Waals surface area contributed by atoms with Crippen LogP contribution in [-0.2, 0) is 0 Å². The third kappa shape index (κ3) is 3.50. The summed E-state index contributed by atoms with van der Waals surface area (Å²) in [5.74, 6) is 1.07. The first kappa shape index (κ1) is 17.1. The summed E-state index contributed by atoms with van der Waals surface area (Å²) in [6.07, 6.45) is 4.69. The molecule has 4 rings (SSSR count). The van der Waals surface area contributed by atoms with Gasteiger partial charge in [0, 0.05) is 30.2 Å². The molecule has 0 spiro atoms. The zero-order valence-electron chi connectivity index (χ0n) is 14.7. The quantitative estimate of drug-likeness (QED) is 0.568. The number of nitrogens with zero attached hydrogens (tertiary/aromatic N) is 4. The second-order valence-corrected chi connectivity index (χ2v) is 6.27. The summed E-state index contributed by atoms with van der Waals surface area (Å²) in [4.78, 5) is 13.3. The highest BCUT2D eigenvalue weighted by Gasteiger charge is 2.15. The minimum absolute atomic E-state index is 0.293. The Morgan fingerprint density at radius 2 is 1.93 bits per heavy atom. The number of imidazole rings is 1. The summed E-state index contributed by atoms with van der Waals surface area (Å²) >= 11 is 0. The van der Waals surface area contributed by atoms with Crippen molar-refractivity contribution in [2.75, 3.05) is 11.9 Å². The van der Waals surface area contributed by atoms with E-state index in [1.54, 1.807) is 37.6 Å². The van der Waals surface area contributed by atoms with Crippen LogP contribution in [0.5, 0.6) is 0 Å². The number of benzene rings is 1. The number of pyridine rings is 2. The van der Waals surface area contributed by atoms with Gasteiger partial charge < -0.3 is 10.4 Å². The fourth-order valence-corrected chi connectivity index (χ4v) is 2.85. The van der Waals surface area contributed by atoms with E-state index in [0.717, 1.165) is 22.3 Å². The maximum absolute atomic E-state index is 13.4. The van der Waals surface area contributed by atoms with Gasteiger partial charge >= 0.3 is 0 Å². The van der Waals surface area contributed by atoms with E-state index in [0.29, 0.717) is 18.2 Å².